The third-order valence-electron chi connectivity index (χ3n) is 3.83. The molecular formula is C13H20N6. The van der Waals surface area contributed by atoms with Crippen molar-refractivity contribution in [1.29, 1.82) is 0 Å². The fraction of sp³-hybridized carbons (Fsp3) is 0.538. The molecule has 0 radical (unpaired) electrons. The monoisotopic (exact) mass is 260 g/mol. The Morgan fingerprint density at radius 2 is 2.00 bits per heavy atom. The number of fused-ring (bicyclic) bond motifs is 1. The van der Waals surface area contributed by atoms with E-state index in [9.17, 15) is 0 Å². The molecule has 0 atom stereocenters. The third kappa shape index (κ3) is 2.23. The molecule has 1 fully saturated rings. The molecule has 3 heterocycles. The van der Waals surface area contributed by atoms with Crippen LogP contribution < -0.4 is 10.6 Å². The molecule has 0 unspecified atom stereocenters. The van der Waals surface area contributed by atoms with Crippen LogP contribution in [-0.2, 0) is 0 Å². The second kappa shape index (κ2) is 4.70. The van der Waals surface area contributed by atoms with E-state index in [4.69, 9.17) is 5.73 Å². The number of rotatable bonds is 2. The van der Waals surface area contributed by atoms with Crippen LogP contribution >= 0.6 is 0 Å². The summed E-state index contributed by atoms with van der Waals surface area (Å²) in [4.78, 5) is 9.07. The zero-order valence-electron chi connectivity index (χ0n) is 11.5. The molecule has 0 saturated carbocycles. The fourth-order valence-corrected chi connectivity index (χ4v) is 2.67. The van der Waals surface area contributed by atoms with E-state index in [0.717, 1.165) is 38.4 Å². The van der Waals surface area contributed by atoms with Gasteiger partial charge in [-0.25, -0.2) is 4.52 Å². The number of likely N-dealkylation sites (N-methyl/N-ethyl adjacent to an activating group) is 1. The number of nitrogens with two attached hydrogens (primary N) is 1. The van der Waals surface area contributed by atoms with Gasteiger partial charge in [0.15, 0.2) is 5.65 Å². The molecule has 3 rings (SSSR count). The first kappa shape index (κ1) is 12.2. The smallest absolute Gasteiger partial charge is 0.240 e. The summed E-state index contributed by atoms with van der Waals surface area (Å²) in [5.41, 5.74) is 8.91. The largest absolute Gasteiger partial charge is 0.368 e. The number of nitrogen functional groups attached to an aromatic ring is 1. The molecule has 0 aromatic carbocycles. The molecule has 2 aromatic heterocycles. The second-order valence-corrected chi connectivity index (χ2v) is 5.04. The minimum Gasteiger partial charge on any atom is -0.368 e. The highest BCUT2D eigenvalue weighted by Crippen LogP contribution is 2.22. The normalized spacial score (nSPS) is 17.3. The molecule has 2 aromatic rings. The summed E-state index contributed by atoms with van der Waals surface area (Å²) >= 11 is 0. The minimum atomic E-state index is 0.326. The summed E-state index contributed by atoms with van der Waals surface area (Å²) in [7, 11) is 0. The van der Waals surface area contributed by atoms with E-state index >= 15 is 0 Å². The van der Waals surface area contributed by atoms with E-state index in [1.54, 1.807) is 4.52 Å². The molecule has 0 bridgehead atoms. The first-order valence-corrected chi connectivity index (χ1v) is 6.77. The van der Waals surface area contributed by atoms with Crippen LogP contribution in [0.3, 0.4) is 0 Å². The van der Waals surface area contributed by atoms with Gasteiger partial charge in [0.05, 0.1) is 11.9 Å². The van der Waals surface area contributed by atoms with Gasteiger partial charge in [0.1, 0.15) is 0 Å². The average Bonchev–Trinajstić information content (AvgIpc) is 2.77. The summed E-state index contributed by atoms with van der Waals surface area (Å²) < 4.78 is 1.77. The van der Waals surface area contributed by atoms with Crippen molar-refractivity contribution in [1.82, 2.24) is 19.5 Å². The number of pyridine rings is 1. The van der Waals surface area contributed by atoms with E-state index in [1.807, 2.05) is 12.3 Å². The molecule has 6 heteroatoms. The molecule has 19 heavy (non-hydrogen) atoms. The van der Waals surface area contributed by atoms with E-state index in [-0.39, 0.29) is 0 Å². The zero-order chi connectivity index (χ0) is 13.4. The van der Waals surface area contributed by atoms with Gasteiger partial charge in [-0.1, -0.05) is 6.92 Å². The van der Waals surface area contributed by atoms with Crippen LogP contribution in [0.15, 0.2) is 12.3 Å². The number of nitrogens with zero attached hydrogens (tertiary/aromatic N) is 5. The van der Waals surface area contributed by atoms with Crippen molar-refractivity contribution in [2.45, 2.75) is 13.8 Å². The molecule has 102 valence electrons. The number of hydrogen-bond donors (Lipinski definition) is 1. The lowest BCUT2D eigenvalue weighted by Crippen LogP contribution is -2.46. The fourth-order valence-electron chi connectivity index (χ4n) is 2.67. The molecule has 1 aliphatic rings. The highest BCUT2D eigenvalue weighted by molar-refractivity contribution is 5.58. The summed E-state index contributed by atoms with van der Waals surface area (Å²) in [6.07, 6.45) is 2.04. The van der Waals surface area contributed by atoms with Crippen LogP contribution in [0.25, 0.3) is 5.65 Å². The molecule has 0 spiro atoms. The Morgan fingerprint density at radius 3 is 2.68 bits per heavy atom. The summed E-state index contributed by atoms with van der Waals surface area (Å²) in [5.74, 6) is 0.326. The lowest BCUT2D eigenvalue weighted by atomic mass is 10.2. The van der Waals surface area contributed by atoms with Crippen LogP contribution in [0.4, 0.5) is 11.6 Å². The predicted octanol–water partition coefficient (Wildman–Crippen LogP) is 0.762. The average molecular weight is 260 g/mol. The Morgan fingerprint density at radius 1 is 1.26 bits per heavy atom. The number of piperazine rings is 1. The maximum atomic E-state index is 5.64. The molecule has 6 nitrogen and oxygen atoms in total. The van der Waals surface area contributed by atoms with Crippen LogP contribution in [0.1, 0.15) is 12.5 Å². The molecule has 0 aliphatic carbocycles. The summed E-state index contributed by atoms with van der Waals surface area (Å²) in [6, 6.07) is 2.05. The first-order valence-electron chi connectivity index (χ1n) is 6.77. The maximum absolute atomic E-state index is 5.64. The summed E-state index contributed by atoms with van der Waals surface area (Å²) in [5, 5.41) is 4.19. The number of anilines is 2. The van der Waals surface area contributed by atoms with Crippen molar-refractivity contribution in [2.24, 2.45) is 0 Å². The van der Waals surface area contributed by atoms with Crippen LogP contribution in [0.5, 0.6) is 0 Å². The highest BCUT2D eigenvalue weighted by Gasteiger charge is 2.18. The van der Waals surface area contributed by atoms with Crippen LogP contribution in [-0.4, -0.2) is 52.2 Å². The van der Waals surface area contributed by atoms with E-state index in [2.05, 4.69) is 33.7 Å². The third-order valence-corrected chi connectivity index (χ3v) is 3.83. The lowest BCUT2D eigenvalue weighted by Gasteiger charge is -2.36. The molecule has 2 N–H and O–H groups in total. The Bertz CT molecular complexity index is 582. The standard InChI is InChI=1S/C13H20N6/c1-3-17-4-6-18(7-5-17)11-9-19-12(8-10(11)2)15-13(14)16-19/h8-9H,3-7H2,1-2H3,(H2,14,16). The van der Waals surface area contributed by atoms with Gasteiger partial charge in [0.25, 0.3) is 0 Å². The molecule has 0 amide bonds. The van der Waals surface area contributed by atoms with Gasteiger partial charge in [-0.3, -0.25) is 0 Å². The van der Waals surface area contributed by atoms with Crippen molar-refractivity contribution in [3.8, 4) is 0 Å². The lowest BCUT2D eigenvalue weighted by molar-refractivity contribution is 0.271. The minimum absolute atomic E-state index is 0.326. The van der Waals surface area contributed by atoms with Crippen molar-refractivity contribution < 1.29 is 0 Å². The highest BCUT2D eigenvalue weighted by atomic mass is 15.3. The zero-order valence-corrected chi connectivity index (χ0v) is 11.5. The van der Waals surface area contributed by atoms with E-state index in [1.165, 1.54) is 11.3 Å². The quantitative estimate of drug-likeness (QED) is 0.864. The Hall–Kier alpha value is -1.82. The van der Waals surface area contributed by atoms with E-state index < -0.39 is 0 Å². The maximum Gasteiger partial charge on any atom is 0.240 e. The van der Waals surface area contributed by atoms with Crippen molar-refractivity contribution in [2.75, 3.05) is 43.4 Å². The van der Waals surface area contributed by atoms with Gasteiger partial charge in [0, 0.05) is 26.2 Å². The van der Waals surface area contributed by atoms with E-state index in [0.29, 0.717) is 5.95 Å². The van der Waals surface area contributed by atoms with Gasteiger partial charge >= 0.3 is 0 Å². The second-order valence-electron chi connectivity index (χ2n) is 5.04. The van der Waals surface area contributed by atoms with Gasteiger partial charge in [-0.15, -0.1) is 5.10 Å². The number of aryl methyl sites for hydroxylation is 1. The Balaban J connectivity index is 1.90. The van der Waals surface area contributed by atoms with Gasteiger partial charge in [-0.2, -0.15) is 4.98 Å². The number of aromatic nitrogens is 3. The van der Waals surface area contributed by atoms with Crippen molar-refractivity contribution >= 4 is 17.3 Å². The topological polar surface area (TPSA) is 62.7 Å². The predicted molar refractivity (Wildman–Crippen MR) is 76.5 cm³/mol. The van der Waals surface area contributed by atoms with Crippen LogP contribution in [0, 0.1) is 6.92 Å². The Labute approximate surface area is 112 Å². The summed E-state index contributed by atoms with van der Waals surface area (Å²) in [6.45, 7) is 9.82. The Kier molecular flexibility index (Phi) is 3.02. The van der Waals surface area contributed by atoms with Gasteiger partial charge in [-0.05, 0) is 25.1 Å². The van der Waals surface area contributed by atoms with Crippen molar-refractivity contribution in [3.05, 3.63) is 17.8 Å². The van der Waals surface area contributed by atoms with Gasteiger partial charge < -0.3 is 15.5 Å². The van der Waals surface area contributed by atoms with Crippen LogP contribution in [0.2, 0.25) is 0 Å². The molecule has 1 aliphatic heterocycles. The number of hydrogen-bond acceptors (Lipinski definition) is 5. The molecule has 1 saturated heterocycles. The SMILES string of the molecule is CCN1CCN(c2cn3nc(N)nc3cc2C)CC1. The molecular weight excluding hydrogens is 240 g/mol. The first-order chi connectivity index (χ1) is 9.17. The van der Waals surface area contributed by atoms with Crippen molar-refractivity contribution in [3.63, 3.8) is 0 Å². The van der Waals surface area contributed by atoms with Gasteiger partial charge in [0.2, 0.25) is 5.95 Å².